The first-order valence-corrected chi connectivity index (χ1v) is 6.23. The fourth-order valence-corrected chi connectivity index (χ4v) is 2.12. The molecule has 100 valence electrons. The van der Waals surface area contributed by atoms with Gasteiger partial charge in [0.2, 0.25) is 0 Å². The van der Waals surface area contributed by atoms with Crippen LogP contribution in [0.25, 0.3) is 11.1 Å². The highest BCUT2D eigenvalue weighted by atomic mass is 19.1. The molecule has 19 heavy (non-hydrogen) atoms. The van der Waals surface area contributed by atoms with E-state index in [1.165, 1.54) is 0 Å². The zero-order valence-corrected chi connectivity index (χ0v) is 11.5. The Bertz CT molecular complexity index is 581. The largest absolute Gasteiger partial charge is 0.496 e. The molecule has 0 saturated heterocycles. The minimum Gasteiger partial charge on any atom is -0.496 e. The van der Waals surface area contributed by atoms with Crippen molar-refractivity contribution in [3.05, 3.63) is 53.3 Å². The van der Waals surface area contributed by atoms with E-state index < -0.39 is 0 Å². The average molecular weight is 259 g/mol. The van der Waals surface area contributed by atoms with Crippen molar-refractivity contribution in [2.75, 3.05) is 14.2 Å². The van der Waals surface area contributed by atoms with E-state index in [1.54, 1.807) is 20.2 Å². The van der Waals surface area contributed by atoms with Gasteiger partial charge in [-0.05, 0) is 48.9 Å². The number of hydrogen-bond donors (Lipinski definition) is 1. The number of methoxy groups -OCH3 is 1. The van der Waals surface area contributed by atoms with Gasteiger partial charge in [-0.2, -0.15) is 0 Å². The summed E-state index contributed by atoms with van der Waals surface area (Å²) >= 11 is 0. The van der Waals surface area contributed by atoms with Crippen LogP contribution in [0.2, 0.25) is 0 Å². The second kappa shape index (κ2) is 5.85. The van der Waals surface area contributed by atoms with E-state index >= 15 is 0 Å². The molecule has 0 aliphatic carbocycles. The molecule has 0 spiro atoms. The first kappa shape index (κ1) is 13.6. The van der Waals surface area contributed by atoms with Crippen LogP contribution in [0.1, 0.15) is 11.1 Å². The van der Waals surface area contributed by atoms with Gasteiger partial charge >= 0.3 is 0 Å². The van der Waals surface area contributed by atoms with E-state index in [2.05, 4.69) is 5.32 Å². The molecular weight excluding hydrogens is 241 g/mol. The van der Waals surface area contributed by atoms with Crippen LogP contribution in [0.4, 0.5) is 4.39 Å². The van der Waals surface area contributed by atoms with Gasteiger partial charge in [-0.15, -0.1) is 0 Å². The fourth-order valence-electron chi connectivity index (χ4n) is 2.12. The van der Waals surface area contributed by atoms with Crippen molar-refractivity contribution >= 4 is 0 Å². The molecule has 2 rings (SSSR count). The number of ether oxygens (including phenoxy) is 1. The minimum atomic E-state index is -0.180. The van der Waals surface area contributed by atoms with Crippen LogP contribution in [0.15, 0.2) is 36.4 Å². The molecule has 0 heterocycles. The third-order valence-corrected chi connectivity index (χ3v) is 3.15. The molecule has 3 heteroatoms. The van der Waals surface area contributed by atoms with Crippen LogP contribution < -0.4 is 10.1 Å². The Kier molecular flexibility index (Phi) is 4.17. The van der Waals surface area contributed by atoms with Gasteiger partial charge in [-0.3, -0.25) is 0 Å². The molecular formula is C16H18FNO. The van der Waals surface area contributed by atoms with Crippen molar-refractivity contribution in [1.82, 2.24) is 5.32 Å². The van der Waals surface area contributed by atoms with Crippen molar-refractivity contribution in [3.63, 3.8) is 0 Å². The summed E-state index contributed by atoms with van der Waals surface area (Å²) in [6.45, 7) is 2.52. The topological polar surface area (TPSA) is 21.3 Å². The Morgan fingerprint density at radius 1 is 1.11 bits per heavy atom. The molecule has 0 aromatic heterocycles. The number of benzene rings is 2. The van der Waals surface area contributed by atoms with E-state index in [4.69, 9.17) is 4.74 Å². The Hall–Kier alpha value is -1.87. The van der Waals surface area contributed by atoms with Crippen molar-refractivity contribution in [1.29, 1.82) is 0 Å². The monoisotopic (exact) mass is 259 g/mol. The maximum Gasteiger partial charge on any atom is 0.128 e. The number of hydrogen-bond acceptors (Lipinski definition) is 2. The Balaban J connectivity index is 2.36. The lowest BCUT2D eigenvalue weighted by molar-refractivity contribution is 0.412. The highest BCUT2D eigenvalue weighted by Gasteiger charge is 2.06. The van der Waals surface area contributed by atoms with E-state index in [9.17, 15) is 4.39 Å². The predicted octanol–water partition coefficient (Wildman–Crippen LogP) is 3.53. The lowest BCUT2D eigenvalue weighted by Crippen LogP contribution is -2.06. The smallest absolute Gasteiger partial charge is 0.128 e. The molecule has 0 atom stereocenters. The van der Waals surface area contributed by atoms with Gasteiger partial charge in [-0.1, -0.05) is 18.2 Å². The molecule has 1 N–H and O–H groups in total. The van der Waals surface area contributed by atoms with Crippen LogP contribution in [-0.4, -0.2) is 14.2 Å². The molecule has 2 aromatic rings. The molecule has 2 nitrogen and oxygen atoms in total. The van der Waals surface area contributed by atoms with Gasteiger partial charge in [-0.25, -0.2) is 4.39 Å². The first-order chi connectivity index (χ1) is 9.15. The molecule has 0 fully saturated rings. The average Bonchev–Trinajstić information content (AvgIpc) is 2.41. The second-order valence-electron chi connectivity index (χ2n) is 4.52. The number of aryl methyl sites for hydroxylation is 1. The molecule has 0 bridgehead atoms. The van der Waals surface area contributed by atoms with Crippen LogP contribution in [-0.2, 0) is 6.54 Å². The zero-order chi connectivity index (χ0) is 13.8. The van der Waals surface area contributed by atoms with Crippen LogP contribution >= 0.6 is 0 Å². The van der Waals surface area contributed by atoms with E-state index in [0.717, 1.165) is 22.4 Å². The highest BCUT2D eigenvalue weighted by Crippen LogP contribution is 2.27. The van der Waals surface area contributed by atoms with Crippen LogP contribution in [0.3, 0.4) is 0 Å². The maximum absolute atomic E-state index is 13.9. The first-order valence-electron chi connectivity index (χ1n) is 6.23. The zero-order valence-electron chi connectivity index (χ0n) is 11.5. The molecule has 0 unspecified atom stereocenters. The summed E-state index contributed by atoms with van der Waals surface area (Å²) in [6.07, 6.45) is 0. The molecule has 0 amide bonds. The van der Waals surface area contributed by atoms with Gasteiger partial charge in [0.1, 0.15) is 11.6 Å². The summed E-state index contributed by atoms with van der Waals surface area (Å²) in [6, 6.07) is 11.2. The quantitative estimate of drug-likeness (QED) is 0.907. The molecule has 0 aliphatic heterocycles. The van der Waals surface area contributed by atoms with Gasteiger partial charge in [0.15, 0.2) is 0 Å². The van der Waals surface area contributed by atoms with Crippen LogP contribution in [0, 0.1) is 12.7 Å². The van der Waals surface area contributed by atoms with Crippen molar-refractivity contribution in [2.45, 2.75) is 13.5 Å². The highest BCUT2D eigenvalue weighted by molar-refractivity contribution is 5.66. The Morgan fingerprint density at radius 2 is 1.79 bits per heavy atom. The maximum atomic E-state index is 13.9. The molecule has 0 radical (unpaired) electrons. The van der Waals surface area contributed by atoms with Gasteiger partial charge in [0, 0.05) is 12.1 Å². The van der Waals surface area contributed by atoms with Crippen molar-refractivity contribution in [2.24, 2.45) is 0 Å². The summed E-state index contributed by atoms with van der Waals surface area (Å²) in [7, 11) is 3.45. The van der Waals surface area contributed by atoms with E-state index in [-0.39, 0.29) is 5.82 Å². The van der Waals surface area contributed by atoms with Gasteiger partial charge < -0.3 is 10.1 Å². The third kappa shape index (κ3) is 2.93. The predicted molar refractivity (Wildman–Crippen MR) is 75.9 cm³/mol. The standard InChI is InChI=1S/C16H18FNO/c1-11-8-12(6-7-16(11)19-3)13-4-5-14(10-18-2)15(17)9-13/h4-9,18H,10H2,1-3H3. The normalized spacial score (nSPS) is 10.5. The summed E-state index contributed by atoms with van der Waals surface area (Å²) < 4.78 is 19.1. The van der Waals surface area contributed by atoms with Crippen LogP contribution in [0.5, 0.6) is 5.75 Å². The van der Waals surface area contributed by atoms with Crippen molar-refractivity contribution < 1.29 is 9.13 Å². The molecule has 0 saturated carbocycles. The summed E-state index contributed by atoms with van der Waals surface area (Å²) in [5.74, 6) is 0.663. The van der Waals surface area contributed by atoms with Crippen molar-refractivity contribution in [3.8, 4) is 16.9 Å². The number of nitrogens with one attached hydrogen (secondary N) is 1. The minimum absolute atomic E-state index is 0.180. The number of rotatable bonds is 4. The fraction of sp³-hybridized carbons (Fsp3) is 0.250. The molecule has 0 aliphatic rings. The van der Waals surface area contributed by atoms with E-state index in [1.807, 2.05) is 37.3 Å². The van der Waals surface area contributed by atoms with E-state index in [0.29, 0.717) is 12.1 Å². The summed E-state index contributed by atoms with van der Waals surface area (Å²) in [4.78, 5) is 0. The summed E-state index contributed by atoms with van der Waals surface area (Å²) in [5, 5.41) is 2.95. The molecule has 2 aromatic carbocycles. The van der Waals surface area contributed by atoms with Gasteiger partial charge in [0.25, 0.3) is 0 Å². The number of halogens is 1. The van der Waals surface area contributed by atoms with Gasteiger partial charge in [0.05, 0.1) is 7.11 Å². The Morgan fingerprint density at radius 3 is 2.37 bits per heavy atom. The second-order valence-corrected chi connectivity index (χ2v) is 4.52. The summed E-state index contributed by atoms with van der Waals surface area (Å²) in [5.41, 5.74) is 3.59. The Labute approximate surface area is 113 Å². The lowest BCUT2D eigenvalue weighted by Gasteiger charge is -2.09. The SMILES string of the molecule is CNCc1ccc(-c2ccc(OC)c(C)c2)cc1F. The lowest BCUT2D eigenvalue weighted by atomic mass is 10.0. The third-order valence-electron chi connectivity index (χ3n) is 3.15.